The van der Waals surface area contributed by atoms with Crippen molar-refractivity contribution in [3.63, 3.8) is 0 Å². The van der Waals surface area contributed by atoms with E-state index in [0.717, 1.165) is 21.3 Å². The van der Waals surface area contributed by atoms with Crippen molar-refractivity contribution < 1.29 is 37.6 Å². The Kier molecular flexibility index (Phi) is 9.31. The second kappa shape index (κ2) is 12.7. The molecule has 0 aliphatic carbocycles. The number of aliphatic carboxylic acids is 1. The average molecular weight is 637 g/mol. The Hall–Kier alpha value is -4.24. The van der Waals surface area contributed by atoms with Crippen LogP contribution in [-0.2, 0) is 19.6 Å². The van der Waals surface area contributed by atoms with Crippen LogP contribution in [0.5, 0.6) is 5.75 Å². The zero-order valence-electron chi connectivity index (χ0n) is 21.4. The van der Waals surface area contributed by atoms with E-state index in [9.17, 15) is 38.0 Å². The maximum Gasteiger partial charge on any atom is 0.417 e. The highest BCUT2D eigenvalue weighted by Gasteiger charge is 2.48. The molecule has 1 aliphatic heterocycles. The quantitative estimate of drug-likeness (QED) is 0.259. The molecule has 0 spiro atoms. The van der Waals surface area contributed by atoms with Crippen molar-refractivity contribution in [1.29, 1.82) is 0 Å². The van der Waals surface area contributed by atoms with Crippen LogP contribution in [0.3, 0.4) is 0 Å². The Bertz CT molecular complexity index is 1640. The van der Waals surface area contributed by atoms with E-state index in [1.54, 1.807) is 18.2 Å². The van der Waals surface area contributed by atoms with Crippen LogP contribution in [0.1, 0.15) is 18.0 Å². The first-order valence-electron chi connectivity index (χ1n) is 12.2. The molecule has 1 fully saturated rings. The summed E-state index contributed by atoms with van der Waals surface area (Å²) in [6.45, 7) is -0.588. The number of hydrogen-bond acceptors (Lipinski definition) is 8. The van der Waals surface area contributed by atoms with Crippen molar-refractivity contribution in [3.8, 4) is 5.75 Å². The third kappa shape index (κ3) is 6.79. The number of carboxylic acids is 1. The van der Waals surface area contributed by atoms with Crippen molar-refractivity contribution in [2.75, 3.05) is 13.1 Å². The highest BCUT2D eigenvalue weighted by molar-refractivity contribution is 7.89. The minimum absolute atomic E-state index is 0.0644. The van der Waals surface area contributed by atoms with Gasteiger partial charge in [0, 0.05) is 25.2 Å². The fourth-order valence-corrected chi connectivity index (χ4v) is 6.21. The van der Waals surface area contributed by atoms with Crippen molar-refractivity contribution in [2.24, 2.45) is 0 Å². The lowest BCUT2D eigenvalue weighted by molar-refractivity contribution is -0.384. The Morgan fingerprint density at radius 3 is 2.38 bits per heavy atom. The first-order chi connectivity index (χ1) is 19.9. The SMILES string of the molecule is O=C(O)CC(NC(=O)C1N(C(=O)Oc2ccccc2)CCN1S(=O)(=O)c1ccc(Cl)c(Cl)c1)c1cccc([N+](=O)[O-])c1. The summed E-state index contributed by atoms with van der Waals surface area (Å²) in [7, 11) is -4.48. The standard InChI is InChI=1S/C26H22Cl2N4O9S/c27-20-10-9-19(14-21(20)28)42(39,40)31-12-11-30(26(36)41-18-7-2-1-3-8-18)25(31)24(35)29-22(15-23(33)34)16-5-4-6-17(13-16)32(37)38/h1-10,13-14,22,25H,11-12,15H2,(H,29,35)(H,33,34). The molecule has 2 atom stereocenters. The molecule has 1 heterocycles. The van der Waals surface area contributed by atoms with Gasteiger partial charge in [-0.25, -0.2) is 13.2 Å². The number of carbonyl (C=O) groups excluding carboxylic acids is 2. The summed E-state index contributed by atoms with van der Waals surface area (Å²) < 4.78 is 33.5. The first-order valence-corrected chi connectivity index (χ1v) is 14.3. The molecule has 0 saturated carbocycles. The second-order valence-corrected chi connectivity index (χ2v) is 11.7. The lowest BCUT2D eigenvalue weighted by atomic mass is 10.0. The number of sulfonamides is 1. The number of non-ortho nitro benzene ring substituents is 1. The van der Waals surface area contributed by atoms with Gasteiger partial charge in [0.05, 0.1) is 32.3 Å². The number of halogens is 2. The average Bonchev–Trinajstić information content (AvgIpc) is 3.41. The van der Waals surface area contributed by atoms with Gasteiger partial charge in [0.1, 0.15) is 5.75 Å². The Balaban J connectivity index is 1.72. The molecule has 0 aromatic heterocycles. The number of carboxylic acid groups (broad SMARTS) is 1. The van der Waals surface area contributed by atoms with Crippen molar-refractivity contribution in [3.05, 3.63) is 98.5 Å². The third-order valence-corrected chi connectivity index (χ3v) is 8.81. The maximum absolute atomic E-state index is 13.8. The zero-order valence-corrected chi connectivity index (χ0v) is 23.8. The normalized spacial score (nSPS) is 16.0. The van der Waals surface area contributed by atoms with Gasteiger partial charge >= 0.3 is 12.1 Å². The van der Waals surface area contributed by atoms with Gasteiger partial charge in [-0.3, -0.25) is 24.6 Å². The predicted octanol–water partition coefficient (Wildman–Crippen LogP) is 4.07. The van der Waals surface area contributed by atoms with Crippen molar-refractivity contribution >= 4 is 56.9 Å². The van der Waals surface area contributed by atoms with Crippen molar-refractivity contribution in [1.82, 2.24) is 14.5 Å². The molecular weight excluding hydrogens is 615 g/mol. The molecular formula is C26H22Cl2N4O9S. The molecule has 220 valence electrons. The second-order valence-electron chi connectivity index (χ2n) is 8.95. The minimum atomic E-state index is -4.48. The smallest absolute Gasteiger partial charge is 0.417 e. The number of ether oxygens (including phenoxy) is 1. The molecule has 4 rings (SSSR count). The molecule has 13 nitrogen and oxygen atoms in total. The van der Waals surface area contributed by atoms with Crippen LogP contribution >= 0.6 is 23.2 Å². The number of amides is 2. The molecule has 0 bridgehead atoms. The van der Waals surface area contributed by atoms with E-state index in [2.05, 4.69) is 5.32 Å². The number of nitrogens with zero attached hydrogens (tertiary/aromatic N) is 3. The van der Waals surface area contributed by atoms with E-state index in [0.29, 0.717) is 0 Å². The third-order valence-electron chi connectivity index (χ3n) is 6.22. The molecule has 1 aliphatic rings. The van der Waals surface area contributed by atoms with Gasteiger partial charge in [-0.05, 0) is 35.9 Å². The highest BCUT2D eigenvalue weighted by atomic mass is 35.5. The summed E-state index contributed by atoms with van der Waals surface area (Å²) in [5.74, 6) is -2.29. The van der Waals surface area contributed by atoms with E-state index < -0.39 is 51.5 Å². The zero-order chi connectivity index (χ0) is 30.6. The summed E-state index contributed by atoms with van der Waals surface area (Å²) in [4.78, 5) is 49.8. The molecule has 3 aromatic carbocycles. The van der Waals surface area contributed by atoms with Crippen LogP contribution < -0.4 is 10.1 Å². The van der Waals surface area contributed by atoms with Crippen molar-refractivity contribution in [2.45, 2.75) is 23.5 Å². The molecule has 0 radical (unpaired) electrons. The van der Waals surface area contributed by atoms with Gasteiger partial charge in [0.2, 0.25) is 10.0 Å². The molecule has 1 saturated heterocycles. The van der Waals surface area contributed by atoms with Crippen LogP contribution in [0.4, 0.5) is 10.5 Å². The number of hydrogen-bond donors (Lipinski definition) is 2. The number of rotatable bonds is 9. The lowest BCUT2D eigenvalue weighted by Gasteiger charge is -2.30. The number of benzene rings is 3. The molecule has 2 N–H and O–H groups in total. The highest BCUT2D eigenvalue weighted by Crippen LogP contribution is 2.31. The number of nitrogens with one attached hydrogen (secondary N) is 1. The molecule has 42 heavy (non-hydrogen) atoms. The largest absolute Gasteiger partial charge is 0.481 e. The summed E-state index contributed by atoms with van der Waals surface area (Å²) in [5.41, 5.74) is -0.273. The first kappa shape index (κ1) is 30.7. The number of nitro benzene ring substituents is 1. The number of carbonyl (C=O) groups is 3. The van der Waals surface area contributed by atoms with Crippen LogP contribution in [-0.4, -0.2) is 64.9 Å². The lowest BCUT2D eigenvalue weighted by Crippen LogP contribution is -2.54. The predicted molar refractivity (Wildman–Crippen MR) is 150 cm³/mol. The van der Waals surface area contributed by atoms with Crippen LogP contribution in [0.25, 0.3) is 0 Å². The summed E-state index contributed by atoms with van der Waals surface area (Å²) in [6.07, 6.45) is -3.57. The molecule has 2 unspecified atom stereocenters. The molecule has 2 amide bonds. The van der Waals surface area contributed by atoms with E-state index in [1.807, 2.05) is 0 Å². The Morgan fingerprint density at radius 1 is 1.02 bits per heavy atom. The fraction of sp³-hybridized carbons (Fsp3) is 0.192. The van der Waals surface area contributed by atoms with Gasteiger partial charge in [0.15, 0.2) is 6.17 Å². The summed E-state index contributed by atoms with van der Waals surface area (Å²) in [5, 5.41) is 23.2. The topological polar surface area (TPSA) is 176 Å². The number of para-hydroxylation sites is 1. The molecule has 3 aromatic rings. The van der Waals surface area contributed by atoms with E-state index in [-0.39, 0.29) is 45.0 Å². The minimum Gasteiger partial charge on any atom is -0.481 e. The molecule has 16 heteroatoms. The van der Waals surface area contributed by atoms with Gasteiger partial charge in [-0.2, -0.15) is 4.31 Å². The summed E-state index contributed by atoms with van der Waals surface area (Å²) >= 11 is 12.0. The maximum atomic E-state index is 13.8. The van der Waals surface area contributed by atoms with Crippen LogP contribution in [0, 0.1) is 10.1 Å². The number of nitro groups is 1. The van der Waals surface area contributed by atoms with E-state index in [1.165, 1.54) is 42.5 Å². The Morgan fingerprint density at radius 2 is 1.74 bits per heavy atom. The van der Waals surface area contributed by atoms with E-state index >= 15 is 0 Å². The van der Waals surface area contributed by atoms with Gasteiger partial charge < -0.3 is 15.2 Å². The van der Waals surface area contributed by atoms with E-state index in [4.69, 9.17) is 27.9 Å². The van der Waals surface area contributed by atoms with Gasteiger partial charge in [-0.15, -0.1) is 0 Å². The fourth-order valence-electron chi connectivity index (χ4n) is 4.27. The van der Waals surface area contributed by atoms with Gasteiger partial charge in [-0.1, -0.05) is 53.5 Å². The van der Waals surface area contributed by atoms with Crippen LogP contribution in [0.15, 0.2) is 77.7 Å². The van der Waals surface area contributed by atoms with Crippen LogP contribution in [0.2, 0.25) is 10.0 Å². The Labute approximate surface area is 249 Å². The van der Waals surface area contributed by atoms with Gasteiger partial charge in [0.25, 0.3) is 11.6 Å². The summed E-state index contributed by atoms with van der Waals surface area (Å²) in [6, 6.07) is 15.0. The monoisotopic (exact) mass is 636 g/mol.